The monoisotopic (exact) mass is 347 g/mol. The van der Waals surface area contributed by atoms with Crippen LogP contribution in [0, 0.1) is 17.1 Å². The first-order chi connectivity index (χ1) is 11.4. The molecule has 6 nitrogen and oxygen atoms in total. The Morgan fingerprint density at radius 2 is 1.88 bits per heavy atom. The molecule has 2 aromatic rings. The maximum absolute atomic E-state index is 12.8. The quantitative estimate of drug-likeness (QED) is 0.831. The van der Waals surface area contributed by atoms with E-state index in [1.165, 1.54) is 30.3 Å². The first-order valence-corrected chi connectivity index (χ1v) is 8.55. The smallest absolute Gasteiger partial charge is 0.239 e. The summed E-state index contributed by atoms with van der Waals surface area (Å²) in [6.45, 7) is -0.447. The summed E-state index contributed by atoms with van der Waals surface area (Å²) in [6.07, 6.45) is 0. The first kappa shape index (κ1) is 17.6. The highest BCUT2D eigenvalue weighted by molar-refractivity contribution is 7.88. The van der Waals surface area contributed by atoms with Crippen molar-refractivity contribution < 1.29 is 17.6 Å². The summed E-state index contributed by atoms with van der Waals surface area (Å²) in [4.78, 5) is 11.7. The lowest BCUT2D eigenvalue weighted by atomic mass is 10.2. The van der Waals surface area contributed by atoms with Crippen LogP contribution in [0.4, 0.5) is 10.1 Å². The Bertz CT molecular complexity index is 874. The van der Waals surface area contributed by atoms with Crippen molar-refractivity contribution in [1.29, 1.82) is 5.26 Å². The average Bonchev–Trinajstić information content (AvgIpc) is 2.55. The maximum Gasteiger partial charge on any atom is 0.239 e. The second-order valence-corrected chi connectivity index (χ2v) is 6.75. The number of sulfonamides is 1. The summed E-state index contributed by atoms with van der Waals surface area (Å²) < 4.78 is 38.9. The van der Waals surface area contributed by atoms with Crippen molar-refractivity contribution in [2.75, 3.05) is 11.9 Å². The minimum Gasteiger partial charge on any atom is -0.325 e. The Balaban J connectivity index is 1.90. The van der Waals surface area contributed by atoms with Gasteiger partial charge >= 0.3 is 0 Å². The molecule has 0 saturated carbocycles. The molecular weight excluding hydrogens is 333 g/mol. The molecule has 8 heteroatoms. The molecule has 0 aromatic heterocycles. The summed E-state index contributed by atoms with van der Waals surface area (Å²) in [6, 6.07) is 13.2. The third-order valence-corrected chi connectivity index (χ3v) is 4.29. The molecule has 2 N–H and O–H groups in total. The van der Waals surface area contributed by atoms with Crippen LogP contribution in [0.3, 0.4) is 0 Å². The second kappa shape index (κ2) is 7.68. The van der Waals surface area contributed by atoms with Crippen LogP contribution in [0.1, 0.15) is 11.1 Å². The summed E-state index contributed by atoms with van der Waals surface area (Å²) in [7, 11) is -3.73. The SMILES string of the molecule is N#Cc1cccc(CS(=O)(=O)NCC(=O)Nc2ccc(F)cc2)c1. The lowest BCUT2D eigenvalue weighted by Gasteiger charge is -2.08. The van der Waals surface area contributed by atoms with Crippen LogP contribution in [0.25, 0.3) is 0 Å². The largest absolute Gasteiger partial charge is 0.325 e. The van der Waals surface area contributed by atoms with E-state index in [4.69, 9.17) is 5.26 Å². The molecule has 0 unspecified atom stereocenters. The highest BCUT2D eigenvalue weighted by Crippen LogP contribution is 2.09. The zero-order valence-electron chi connectivity index (χ0n) is 12.5. The highest BCUT2D eigenvalue weighted by atomic mass is 32.2. The number of amides is 1. The molecule has 0 saturated heterocycles. The fraction of sp³-hybridized carbons (Fsp3) is 0.125. The zero-order chi connectivity index (χ0) is 17.6. The predicted octanol–water partition coefficient (Wildman–Crippen LogP) is 1.76. The van der Waals surface area contributed by atoms with Gasteiger partial charge in [0.15, 0.2) is 0 Å². The Morgan fingerprint density at radius 1 is 1.17 bits per heavy atom. The van der Waals surface area contributed by atoms with Gasteiger partial charge in [0.1, 0.15) is 5.82 Å². The van der Waals surface area contributed by atoms with E-state index >= 15 is 0 Å². The van der Waals surface area contributed by atoms with Crippen molar-refractivity contribution in [3.63, 3.8) is 0 Å². The number of benzene rings is 2. The van der Waals surface area contributed by atoms with E-state index in [2.05, 4.69) is 10.0 Å². The number of halogens is 1. The van der Waals surface area contributed by atoms with Gasteiger partial charge < -0.3 is 5.32 Å². The zero-order valence-corrected chi connectivity index (χ0v) is 13.3. The minimum atomic E-state index is -3.73. The van der Waals surface area contributed by atoms with Gasteiger partial charge in [-0.25, -0.2) is 17.5 Å². The molecule has 0 atom stereocenters. The summed E-state index contributed by atoms with van der Waals surface area (Å²) >= 11 is 0. The molecule has 0 radical (unpaired) electrons. The van der Waals surface area contributed by atoms with Crippen molar-refractivity contribution in [1.82, 2.24) is 4.72 Å². The Kier molecular flexibility index (Phi) is 5.63. The van der Waals surface area contributed by atoms with Crippen LogP contribution < -0.4 is 10.0 Å². The van der Waals surface area contributed by atoms with Crippen molar-refractivity contribution in [3.8, 4) is 6.07 Å². The van der Waals surface area contributed by atoms with E-state index in [1.807, 2.05) is 6.07 Å². The number of nitrogens with one attached hydrogen (secondary N) is 2. The van der Waals surface area contributed by atoms with Crippen molar-refractivity contribution in [3.05, 3.63) is 65.5 Å². The van der Waals surface area contributed by atoms with Gasteiger partial charge in [0.05, 0.1) is 23.9 Å². The van der Waals surface area contributed by atoms with E-state index in [0.29, 0.717) is 16.8 Å². The second-order valence-electron chi connectivity index (χ2n) is 4.95. The Labute approximate surface area is 139 Å². The molecule has 0 aliphatic rings. The van der Waals surface area contributed by atoms with Gasteiger partial charge in [-0.15, -0.1) is 0 Å². The Morgan fingerprint density at radius 3 is 2.54 bits per heavy atom. The average molecular weight is 347 g/mol. The number of nitrogens with zero attached hydrogens (tertiary/aromatic N) is 1. The maximum atomic E-state index is 12.8. The van der Waals surface area contributed by atoms with Crippen LogP contribution in [-0.4, -0.2) is 20.9 Å². The fourth-order valence-corrected chi connectivity index (χ4v) is 2.99. The normalized spacial score (nSPS) is 10.8. The molecule has 0 bridgehead atoms. The van der Waals surface area contributed by atoms with Crippen LogP contribution in [-0.2, 0) is 20.6 Å². The third-order valence-electron chi connectivity index (χ3n) is 2.99. The van der Waals surface area contributed by atoms with Gasteiger partial charge in [-0.1, -0.05) is 12.1 Å². The van der Waals surface area contributed by atoms with E-state index < -0.39 is 28.3 Å². The van der Waals surface area contributed by atoms with Crippen LogP contribution >= 0.6 is 0 Å². The third kappa shape index (κ3) is 5.46. The molecular formula is C16H14FN3O3S. The molecule has 1 amide bonds. The molecule has 2 rings (SSSR count). The number of rotatable bonds is 6. The standard InChI is InChI=1S/C16H14FN3O3S/c17-14-4-6-15(7-5-14)20-16(21)10-19-24(22,23)11-13-3-1-2-12(8-13)9-18/h1-8,19H,10-11H2,(H,20,21). The van der Waals surface area contributed by atoms with E-state index in [1.54, 1.807) is 18.2 Å². The van der Waals surface area contributed by atoms with Gasteiger partial charge in [-0.3, -0.25) is 4.79 Å². The van der Waals surface area contributed by atoms with Crippen LogP contribution in [0.2, 0.25) is 0 Å². The van der Waals surface area contributed by atoms with Crippen LogP contribution in [0.5, 0.6) is 0 Å². The Hall–Kier alpha value is -2.76. The first-order valence-electron chi connectivity index (χ1n) is 6.90. The van der Waals surface area contributed by atoms with Crippen molar-refractivity contribution >= 4 is 21.6 Å². The summed E-state index contributed by atoms with van der Waals surface area (Å²) in [5, 5.41) is 11.3. The van der Waals surface area contributed by atoms with Gasteiger partial charge in [-0.2, -0.15) is 5.26 Å². The minimum absolute atomic E-state index is 0.341. The molecule has 2 aromatic carbocycles. The number of anilines is 1. The number of hydrogen-bond donors (Lipinski definition) is 2. The van der Waals surface area contributed by atoms with Gasteiger partial charge in [0.2, 0.25) is 15.9 Å². The molecule has 0 aliphatic heterocycles. The van der Waals surface area contributed by atoms with Gasteiger partial charge in [0.25, 0.3) is 0 Å². The van der Waals surface area contributed by atoms with Gasteiger partial charge in [0, 0.05) is 5.69 Å². The van der Waals surface area contributed by atoms with E-state index in [0.717, 1.165) is 0 Å². The molecule has 0 aliphatic carbocycles. The number of hydrogen-bond acceptors (Lipinski definition) is 4. The molecule has 0 spiro atoms. The van der Waals surface area contributed by atoms with E-state index in [-0.39, 0.29) is 5.75 Å². The number of carbonyl (C=O) groups is 1. The topological polar surface area (TPSA) is 99.1 Å². The predicted molar refractivity (Wildman–Crippen MR) is 86.8 cm³/mol. The number of nitriles is 1. The lowest BCUT2D eigenvalue weighted by Crippen LogP contribution is -2.33. The van der Waals surface area contributed by atoms with E-state index in [9.17, 15) is 17.6 Å². The number of carbonyl (C=O) groups excluding carboxylic acids is 1. The summed E-state index contributed by atoms with van der Waals surface area (Å²) in [5.74, 6) is -1.35. The summed E-state index contributed by atoms with van der Waals surface area (Å²) in [5.41, 5.74) is 1.17. The molecule has 24 heavy (non-hydrogen) atoms. The lowest BCUT2D eigenvalue weighted by molar-refractivity contribution is -0.115. The highest BCUT2D eigenvalue weighted by Gasteiger charge is 2.14. The molecule has 0 fully saturated rings. The fourth-order valence-electron chi connectivity index (χ4n) is 1.92. The van der Waals surface area contributed by atoms with Crippen LogP contribution in [0.15, 0.2) is 48.5 Å². The molecule has 124 valence electrons. The van der Waals surface area contributed by atoms with Gasteiger partial charge in [-0.05, 0) is 42.0 Å². The van der Waals surface area contributed by atoms with Crippen molar-refractivity contribution in [2.45, 2.75) is 5.75 Å². The van der Waals surface area contributed by atoms with Crippen molar-refractivity contribution in [2.24, 2.45) is 0 Å². The molecule has 0 heterocycles.